The van der Waals surface area contributed by atoms with Crippen molar-refractivity contribution >= 4 is 22.3 Å². The molecule has 0 aromatic carbocycles. The molecular formula is C11H13N3O2S. The highest BCUT2D eigenvalue weighted by molar-refractivity contribution is 7.17. The Hall–Kier alpha value is -1.43. The zero-order valence-corrected chi connectivity index (χ0v) is 10.2. The van der Waals surface area contributed by atoms with E-state index in [1.807, 2.05) is 0 Å². The average molecular weight is 251 g/mol. The van der Waals surface area contributed by atoms with Crippen LogP contribution in [0.4, 0.5) is 0 Å². The van der Waals surface area contributed by atoms with Gasteiger partial charge >= 0.3 is 5.97 Å². The molecule has 0 radical (unpaired) electrons. The van der Waals surface area contributed by atoms with Crippen molar-refractivity contribution in [1.29, 1.82) is 0 Å². The minimum atomic E-state index is -0.749. The summed E-state index contributed by atoms with van der Waals surface area (Å²) in [6.07, 6.45) is 4.97. The van der Waals surface area contributed by atoms with Crippen molar-refractivity contribution in [2.45, 2.75) is 38.5 Å². The Morgan fingerprint density at radius 2 is 2.29 bits per heavy atom. The predicted molar refractivity (Wildman–Crippen MR) is 63.5 cm³/mol. The van der Waals surface area contributed by atoms with Crippen molar-refractivity contribution in [3.8, 4) is 0 Å². The maximum Gasteiger partial charge on any atom is 0.303 e. The molecule has 2 aromatic rings. The first-order chi connectivity index (χ1) is 8.25. The van der Waals surface area contributed by atoms with Gasteiger partial charge in [-0.15, -0.1) is 10.2 Å². The second-order valence-electron chi connectivity index (χ2n) is 4.31. The molecule has 0 bridgehead atoms. The SMILES string of the molecule is O=C(O)CCCc1nnc2sc3c(n12)CCC3. The molecule has 0 aliphatic heterocycles. The first-order valence-corrected chi connectivity index (χ1v) is 6.63. The highest BCUT2D eigenvalue weighted by Crippen LogP contribution is 2.31. The smallest absolute Gasteiger partial charge is 0.303 e. The summed E-state index contributed by atoms with van der Waals surface area (Å²) in [6.45, 7) is 0. The van der Waals surface area contributed by atoms with Crippen LogP contribution < -0.4 is 0 Å². The van der Waals surface area contributed by atoms with Crippen LogP contribution in [0.3, 0.4) is 0 Å². The standard InChI is InChI=1S/C11H13N3O2S/c15-10(16)6-2-5-9-12-13-11-14(9)7-3-1-4-8(7)17-11/h1-6H2,(H,15,16). The van der Waals surface area contributed by atoms with Gasteiger partial charge in [-0.25, -0.2) is 0 Å². The lowest BCUT2D eigenvalue weighted by Crippen LogP contribution is -2.01. The van der Waals surface area contributed by atoms with E-state index in [0.29, 0.717) is 12.8 Å². The maximum atomic E-state index is 10.5. The number of aromatic nitrogens is 3. The molecule has 2 heterocycles. The molecule has 0 saturated carbocycles. The lowest BCUT2D eigenvalue weighted by molar-refractivity contribution is -0.137. The molecule has 17 heavy (non-hydrogen) atoms. The zero-order valence-electron chi connectivity index (χ0n) is 9.35. The van der Waals surface area contributed by atoms with Gasteiger partial charge in [0.05, 0.1) is 0 Å². The van der Waals surface area contributed by atoms with Gasteiger partial charge in [-0.3, -0.25) is 9.20 Å². The van der Waals surface area contributed by atoms with Crippen LogP contribution in [0, 0.1) is 0 Å². The molecule has 0 fully saturated rings. The van der Waals surface area contributed by atoms with Gasteiger partial charge in [0.1, 0.15) is 5.82 Å². The van der Waals surface area contributed by atoms with E-state index in [4.69, 9.17) is 5.11 Å². The van der Waals surface area contributed by atoms with Gasteiger partial charge in [0, 0.05) is 23.4 Å². The van der Waals surface area contributed by atoms with Crippen LogP contribution >= 0.6 is 11.3 Å². The summed E-state index contributed by atoms with van der Waals surface area (Å²) >= 11 is 1.72. The molecule has 1 N–H and O–H groups in total. The van der Waals surface area contributed by atoms with Gasteiger partial charge in [0.25, 0.3) is 0 Å². The van der Waals surface area contributed by atoms with Crippen molar-refractivity contribution in [2.75, 3.05) is 0 Å². The lowest BCUT2D eigenvalue weighted by atomic mass is 10.2. The quantitative estimate of drug-likeness (QED) is 0.897. The molecule has 0 saturated heterocycles. The Labute approximate surface area is 102 Å². The van der Waals surface area contributed by atoms with Crippen LogP contribution in [0.2, 0.25) is 0 Å². The van der Waals surface area contributed by atoms with Crippen molar-refractivity contribution < 1.29 is 9.90 Å². The van der Waals surface area contributed by atoms with Gasteiger partial charge in [0.15, 0.2) is 0 Å². The van der Waals surface area contributed by atoms with Gasteiger partial charge in [-0.2, -0.15) is 0 Å². The molecule has 6 heteroatoms. The summed E-state index contributed by atoms with van der Waals surface area (Å²) in [5, 5.41) is 17.0. The number of aliphatic carboxylic acids is 1. The number of rotatable bonds is 4. The summed E-state index contributed by atoms with van der Waals surface area (Å²) in [5.74, 6) is 0.168. The van der Waals surface area contributed by atoms with Crippen molar-refractivity contribution in [3.05, 3.63) is 16.4 Å². The van der Waals surface area contributed by atoms with E-state index in [9.17, 15) is 4.79 Å². The van der Waals surface area contributed by atoms with Crippen LogP contribution in [0.25, 0.3) is 4.96 Å². The number of carboxylic acid groups (broad SMARTS) is 1. The Morgan fingerprint density at radius 1 is 1.41 bits per heavy atom. The van der Waals surface area contributed by atoms with E-state index in [2.05, 4.69) is 14.6 Å². The molecule has 90 valence electrons. The fraction of sp³-hybridized carbons (Fsp3) is 0.545. The van der Waals surface area contributed by atoms with E-state index in [1.165, 1.54) is 17.0 Å². The third kappa shape index (κ3) is 1.82. The van der Waals surface area contributed by atoms with E-state index >= 15 is 0 Å². The molecule has 5 nitrogen and oxygen atoms in total. The van der Waals surface area contributed by atoms with Crippen LogP contribution in [0.1, 0.15) is 35.7 Å². The number of carbonyl (C=O) groups is 1. The summed E-state index contributed by atoms with van der Waals surface area (Å²) in [7, 11) is 0. The molecule has 0 amide bonds. The van der Waals surface area contributed by atoms with Gasteiger partial charge < -0.3 is 5.11 Å². The molecule has 1 aliphatic carbocycles. The topological polar surface area (TPSA) is 67.5 Å². The average Bonchev–Trinajstić information content (AvgIpc) is 2.89. The van der Waals surface area contributed by atoms with Gasteiger partial charge in [-0.1, -0.05) is 11.3 Å². The molecule has 0 atom stereocenters. The zero-order chi connectivity index (χ0) is 11.8. The number of nitrogens with zero attached hydrogens (tertiary/aromatic N) is 3. The van der Waals surface area contributed by atoms with Crippen LogP contribution in [0.15, 0.2) is 0 Å². The molecule has 1 aliphatic rings. The number of aryl methyl sites for hydroxylation is 3. The maximum absolute atomic E-state index is 10.5. The van der Waals surface area contributed by atoms with Gasteiger partial charge in [-0.05, 0) is 25.7 Å². The summed E-state index contributed by atoms with van der Waals surface area (Å²) < 4.78 is 2.13. The minimum absolute atomic E-state index is 0.196. The Morgan fingerprint density at radius 3 is 3.12 bits per heavy atom. The Bertz CT molecular complexity index is 573. The normalized spacial score (nSPS) is 14.4. The minimum Gasteiger partial charge on any atom is -0.481 e. The van der Waals surface area contributed by atoms with Crippen LogP contribution in [0.5, 0.6) is 0 Å². The van der Waals surface area contributed by atoms with Crippen LogP contribution in [-0.2, 0) is 24.1 Å². The van der Waals surface area contributed by atoms with E-state index < -0.39 is 5.97 Å². The molecule has 2 aromatic heterocycles. The summed E-state index contributed by atoms with van der Waals surface area (Å²) in [5.41, 5.74) is 1.35. The number of hydrogen-bond donors (Lipinski definition) is 1. The van der Waals surface area contributed by atoms with Crippen molar-refractivity contribution in [2.24, 2.45) is 0 Å². The second-order valence-corrected chi connectivity index (χ2v) is 5.37. The van der Waals surface area contributed by atoms with Gasteiger partial charge in [0.2, 0.25) is 4.96 Å². The third-order valence-electron chi connectivity index (χ3n) is 3.12. The predicted octanol–water partition coefficient (Wildman–Crippen LogP) is 1.69. The van der Waals surface area contributed by atoms with Crippen molar-refractivity contribution in [3.63, 3.8) is 0 Å². The van der Waals surface area contributed by atoms with E-state index in [0.717, 1.165) is 23.6 Å². The first kappa shape index (κ1) is 10.7. The first-order valence-electron chi connectivity index (χ1n) is 5.82. The van der Waals surface area contributed by atoms with E-state index in [-0.39, 0.29) is 6.42 Å². The van der Waals surface area contributed by atoms with E-state index in [1.54, 1.807) is 11.3 Å². The number of hydrogen-bond acceptors (Lipinski definition) is 4. The fourth-order valence-electron chi connectivity index (χ4n) is 2.35. The Kier molecular flexibility index (Phi) is 2.58. The monoisotopic (exact) mass is 251 g/mol. The third-order valence-corrected chi connectivity index (χ3v) is 4.25. The molecule has 0 spiro atoms. The lowest BCUT2D eigenvalue weighted by Gasteiger charge is -1.99. The highest BCUT2D eigenvalue weighted by atomic mass is 32.1. The Balaban J connectivity index is 1.86. The number of carboxylic acids is 1. The van der Waals surface area contributed by atoms with Crippen LogP contribution in [-0.4, -0.2) is 25.7 Å². The second kappa shape index (κ2) is 4.10. The summed E-state index contributed by atoms with van der Waals surface area (Å²) in [4.78, 5) is 12.9. The molecular weight excluding hydrogens is 238 g/mol. The number of fused-ring (bicyclic) bond motifs is 3. The van der Waals surface area contributed by atoms with Crippen molar-refractivity contribution in [1.82, 2.24) is 14.6 Å². The largest absolute Gasteiger partial charge is 0.481 e. The molecule has 3 rings (SSSR count). The number of thiazole rings is 1. The highest BCUT2D eigenvalue weighted by Gasteiger charge is 2.21. The fourth-order valence-corrected chi connectivity index (χ4v) is 3.52. The summed E-state index contributed by atoms with van der Waals surface area (Å²) in [6, 6.07) is 0. The molecule has 0 unspecified atom stereocenters.